The number of aliphatic hydroxyl groups excluding tert-OH is 2. The van der Waals surface area contributed by atoms with Crippen LogP contribution in [0.5, 0.6) is 0 Å². The van der Waals surface area contributed by atoms with E-state index in [1.807, 2.05) is 13.8 Å². The van der Waals surface area contributed by atoms with Gasteiger partial charge in [0.2, 0.25) is 0 Å². The van der Waals surface area contributed by atoms with Gasteiger partial charge in [-0.25, -0.2) is 0 Å². The van der Waals surface area contributed by atoms with Crippen LogP contribution in [0.4, 0.5) is 0 Å². The maximum atomic E-state index is 11.4. The quantitative estimate of drug-likeness (QED) is 0.593. The Labute approximate surface area is 95.9 Å². The van der Waals surface area contributed by atoms with Crippen molar-refractivity contribution in [3.8, 4) is 0 Å². The van der Waals surface area contributed by atoms with E-state index in [1.165, 1.54) is 0 Å². The Bertz CT molecular complexity index is 224. The van der Waals surface area contributed by atoms with E-state index < -0.39 is 23.9 Å². The summed E-state index contributed by atoms with van der Waals surface area (Å²) in [6.07, 6.45) is -3.18. The maximum Gasteiger partial charge on any atom is 0.252 e. The first-order valence-electron chi connectivity index (χ1n) is 5.45. The summed E-state index contributed by atoms with van der Waals surface area (Å²) < 4.78 is 0. The van der Waals surface area contributed by atoms with Crippen LogP contribution in [0.2, 0.25) is 0 Å². The molecule has 5 heteroatoms. The highest BCUT2D eigenvalue weighted by Gasteiger charge is 2.30. The summed E-state index contributed by atoms with van der Waals surface area (Å²) in [4.78, 5) is 22.7. The highest BCUT2D eigenvalue weighted by molar-refractivity contribution is 5.91. The first-order chi connectivity index (χ1) is 7.25. The summed E-state index contributed by atoms with van der Waals surface area (Å²) >= 11 is 0. The van der Waals surface area contributed by atoms with E-state index in [0.717, 1.165) is 0 Å². The van der Waals surface area contributed by atoms with Gasteiger partial charge in [-0.15, -0.1) is 0 Å². The Morgan fingerprint density at radius 3 is 1.94 bits per heavy atom. The van der Waals surface area contributed by atoms with Crippen molar-refractivity contribution in [2.45, 2.75) is 52.4 Å². The number of hydrogen-bond acceptors (Lipinski definition) is 4. The number of carbonyl (C=O) groups excluding carboxylic acids is 2. The second-order valence-corrected chi connectivity index (χ2v) is 4.62. The van der Waals surface area contributed by atoms with Gasteiger partial charge >= 0.3 is 0 Å². The van der Waals surface area contributed by atoms with E-state index in [9.17, 15) is 19.8 Å². The van der Waals surface area contributed by atoms with Crippen molar-refractivity contribution in [2.24, 2.45) is 5.92 Å². The molecule has 0 saturated carbocycles. The summed E-state index contributed by atoms with van der Waals surface area (Å²) in [5.74, 6) is -1.15. The largest absolute Gasteiger partial charge is 0.382 e. The zero-order valence-corrected chi connectivity index (χ0v) is 10.2. The zero-order valence-electron chi connectivity index (χ0n) is 10.2. The van der Waals surface area contributed by atoms with Gasteiger partial charge in [0.15, 0.2) is 11.9 Å². The molecule has 1 amide bonds. The average molecular weight is 231 g/mol. The van der Waals surface area contributed by atoms with Gasteiger partial charge in [-0.1, -0.05) is 13.8 Å². The number of nitrogens with one attached hydrogen (secondary N) is 1. The lowest BCUT2D eigenvalue weighted by molar-refractivity contribution is -0.145. The van der Waals surface area contributed by atoms with Crippen LogP contribution in [-0.4, -0.2) is 40.2 Å². The van der Waals surface area contributed by atoms with Gasteiger partial charge in [0.05, 0.1) is 0 Å². The molecule has 0 aromatic rings. The number of carbonyl (C=O) groups is 2. The molecule has 3 N–H and O–H groups in total. The van der Waals surface area contributed by atoms with E-state index in [0.29, 0.717) is 0 Å². The topological polar surface area (TPSA) is 86.6 Å². The minimum atomic E-state index is -1.69. The predicted molar refractivity (Wildman–Crippen MR) is 59.8 cm³/mol. The standard InChI is InChI=1S/C11H21NO4/c1-6(2)5-8(13)9(14)10(15)11(16)12-7(3)4/h6-7,9-10,14-15H,5H2,1-4H3,(H,12,16)/t9-,10+/m1/s1. The number of Topliss-reactive ketones (excluding diaryl/α,β-unsaturated/α-hetero) is 1. The minimum absolute atomic E-state index is 0.0857. The molecule has 16 heavy (non-hydrogen) atoms. The van der Waals surface area contributed by atoms with Crippen molar-refractivity contribution in [3.63, 3.8) is 0 Å². The summed E-state index contributed by atoms with van der Waals surface area (Å²) in [5.41, 5.74) is 0. The highest BCUT2D eigenvalue weighted by atomic mass is 16.3. The SMILES string of the molecule is CC(C)CC(=O)[C@@H](O)[C@H](O)C(=O)NC(C)C. The molecular weight excluding hydrogens is 210 g/mol. The highest BCUT2D eigenvalue weighted by Crippen LogP contribution is 2.06. The number of ketones is 1. The molecule has 0 heterocycles. The fourth-order valence-electron chi connectivity index (χ4n) is 1.21. The molecule has 0 spiro atoms. The van der Waals surface area contributed by atoms with Crippen molar-refractivity contribution in [3.05, 3.63) is 0 Å². The maximum absolute atomic E-state index is 11.4. The van der Waals surface area contributed by atoms with Gasteiger partial charge in [0.25, 0.3) is 5.91 Å². The van der Waals surface area contributed by atoms with E-state index in [2.05, 4.69) is 5.32 Å². The fourth-order valence-corrected chi connectivity index (χ4v) is 1.21. The first kappa shape index (κ1) is 15.1. The lowest BCUT2D eigenvalue weighted by atomic mass is 10.00. The van der Waals surface area contributed by atoms with Crippen LogP contribution in [0.3, 0.4) is 0 Å². The fraction of sp³-hybridized carbons (Fsp3) is 0.818. The Kier molecular flexibility index (Phi) is 6.21. The number of rotatable bonds is 6. The molecule has 0 aliphatic carbocycles. The summed E-state index contributed by atoms with van der Waals surface area (Å²) in [6, 6.07) is -0.144. The van der Waals surface area contributed by atoms with Crippen LogP contribution >= 0.6 is 0 Å². The lowest BCUT2D eigenvalue weighted by Crippen LogP contribution is -2.47. The molecule has 94 valence electrons. The summed E-state index contributed by atoms with van der Waals surface area (Å²) in [5, 5.41) is 21.3. The smallest absolute Gasteiger partial charge is 0.252 e. The minimum Gasteiger partial charge on any atom is -0.382 e. The zero-order chi connectivity index (χ0) is 12.9. The second kappa shape index (κ2) is 6.60. The Morgan fingerprint density at radius 2 is 1.56 bits per heavy atom. The normalized spacial score (nSPS) is 15.0. The molecule has 0 aliphatic rings. The summed E-state index contributed by atoms with van der Waals surface area (Å²) in [6.45, 7) is 7.11. The van der Waals surface area contributed by atoms with Crippen LogP contribution < -0.4 is 5.32 Å². The molecule has 0 bridgehead atoms. The van der Waals surface area contributed by atoms with Crippen LogP contribution in [0, 0.1) is 5.92 Å². The molecule has 0 saturated heterocycles. The van der Waals surface area contributed by atoms with Gasteiger partial charge in [-0.2, -0.15) is 0 Å². The predicted octanol–water partition coefficient (Wildman–Crippen LogP) is -0.152. The van der Waals surface area contributed by atoms with Gasteiger partial charge in [0.1, 0.15) is 6.10 Å². The molecule has 0 aromatic carbocycles. The first-order valence-corrected chi connectivity index (χ1v) is 5.45. The molecule has 0 radical (unpaired) electrons. The van der Waals surface area contributed by atoms with Crippen molar-refractivity contribution < 1.29 is 19.8 Å². The van der Waals surface area contributed by atoms with Crippen LogP contribution in [0.15, 0.2) is 0 Å². The van der Waals surface area contributed by atoms with Crippen molar-refractivity contribution in [2.75, 3.05) is 0 Å². The van der Waals surface area contributed by atoms with Gasteiger partial charge in [-0.05, 0) is 19.8 Å². The molecule has 0 aliphatic heterocycles. The molecule has 0 rings (SSSR count). The lowest BCUT2D eigenvalue weighted by Gasteiger charge is -2.18. The monoisotopic (exact) mass is 231 g/mol. The molecule has 0 fully saturated rings. The number of hydrogen-bond donors (Lipinski definition) is 3. The molecule has 0 unspecified atom stereocenters. The third kappa shape index (κ3) is 5.23. The third-order valence-corrected chi connectivity index (χ3v) is 1.94. The van der Waals surface area contributed by atoms with Crippen molar-refractivity contribution in [1.29, 1.82) is 0 Å². The molecule has 2 atom stereocenters. The summed E-state index contributed by atoms with van der Waals surface area (Å²) in [7, 11) is 0. The van der Waals surface area contributed by atoms with Gasteiger partial charge < -0.3 is 15.5 Å². The van der Waals surface area contributed by atoms with E-state index >= 15 is 0 Å². The van der Waals surface area contributed by atoms with Crippen molar-refractivity contribution in [1.82, 2.24) is 5.32 Å². The number of amides is 1. The Hall–Kier alpha value is -0.940. The number of aliphatic hydroxyl groups is 2. The Balaban J connectivity index is 4.31. The molecule has 0 aromatic heterocycles. The molecular formula is C11H21NO4. The average Bonchev–Trinajstić information content (AvgIpc) is 2.13. The van der Waals surface area contributed by atoms with Crippen LogP contribution in [-0.2, 0) is 9.59 Å². The van der Waals surface area contributed by atoms with Crippen LogP contribution in [0.1, 0.15) is 34.1 Å². The van der Waals surface area contributed by atoms with E-state index in [4.69, 9.17) is 0 Å². The Morgan fingerprint density at radius 1 is 1.06 bits per heavy atom. The van der Waals surface area contributed by atoms with E-state index in [1.54, 1.807) is 13.8 Å². The van der Waals surface area contributed by atoms with Gasteiger partial charge in [0, 0.05) is 12.5 Å². The molecule has 5 nitrogen and oxygen atoms in total. The van der Waals surface area contributed by atoms with Crippen molar-refractivity contribution >= 4 is 11.7 Å². The van der Waals surface area contributed by atoms with Gasteiger partial charge in [-0.3, -0.25) is 9.59 Å². The second-order valence-electron chi connectivity index (χ2n) is 4.62. The third-order valence-electron chi connectivity index (χ3n) is 1.94. The van der Waals surface area contributed by atoms with Crippen LogP contribution in [0.25, 0.3) is 0 Å². The van der Waals surface area contributed by atoms with E-state index in [-0.39, 0.29) is 18.4 Å².